The Morgan fingerprint density at radius 3 is 2.75 bits per heavy atom. The van der Waals surface area contributed by atoms with E-state index in [1.807, 2.05) is 39.0 Å². The highest BCUT2D eigenvalue weighted by Gasteiger charge is 2.07. The number of hydrogen-bond acceptors (Lipinski definition) is 5. The first-order valence-corrected chi connectivity index (χ1v) is 7.49. The topological polar surface area (TPSA) is 54.4 Å². The maximum absolute atomic E-state index is 9.39. The first-order chi connectivity index (χ1) is 9.63. The fourth-order valence-electron chi connectivity index (χ4n) is 2.03. The second-order valence-electron chi connectivity index (χ2n) is 4.51. The molecule has 0 radical (unpaired) electrons. The van der Waals surface area contributed by atoms with Gasteiger partial charge in [-0.3, -0.25) is 0 Å². The van der Waals surface area contributed by atoms with E-state index in [1.54, 1.807) is 11.3 Å². The Labute approximate surface area is 123 Å². The van der Waals surface area contributed by atoms with Crippen LogP contribution in [0.15, 0.2) is 18.2 Å². The van der Waals surface area contributed by atoms with Crippen LogP contribution in [-0.4, -0.2) is 16.7 Å². The number of anilines is 1. The molecular weight excluding hydrogens is 272 g/mol. The van der Waals surface area contributed by atoms with Gasteiger partial charge < -0.3 is 15.2 Å². The molecule has 0 atom stereocenters. The number of aromatic nitrogens is 1. The largest absolute Gasteiger partial charge is 0.494 e. The zero-order valence-corrected chi connectivity index (χ0v) is 12.9. The predicted molar refractivity (Wildman–Crippen MR) is 82.4 cm³/mol. The smallest absolute Gasteiger partial charge is 0.124 e. The van der Waals surface area contributed by atoms with E-state index < -0.39 is 0 Å². The van der Waals surface area contributed by atoms with Gasteiger partial charge in [0, 0.05) is 16.1 Å². The van der Waals surface area contributed by atoms with Gasteiger partial charge in [-0.2, -0.15) is 0 Å². The fourth-order valence-corrected chi connectivity index (χ4v) is 2.91. The van der Waals surface area contributed by atoms with Crippen LogP contribution in [0.3, 0.4) is 0 Å². The first-order valence-electron chi connectivity index (χ1n) is 6.67. The fraction of sp³-hybridized carbons (Fsp3) is 0.400. The molecule has 0 saturated carbocycles. The second kappa shape index (κ2) is 6.72. The monoisotopic (exact) mass is 292 g/mol. The summed E-state index contributed by atoms with van der Waals surface area (Å²) >= 11 is 1.71. The van der Waals surface area contributed by atoms with Gasteiger partial charge in [-0.15, -0.1) is 11.3 Å². The standard InChI is InChI=1S/C15H20N2O2S/c1-4-19-14-6-5-13(7-12(14)9-18)16-8-15-10(2)17-11(3)20-15/h5-7,16,18H,4,8-9H2,1-3H3. The minimum atomic E-state index is -0.0243. The molecule has 0 aliphatic rings. The zero-order valence-electron chi connectivity index (χ0n) is 12.1. The van der Waals surface area contributed by atoms with Crippen molar-refractivity contribution in [2.75, 3.05) is 11.9 Å². The van der Waals surface area contributed by atoms with Gasteiger partial charge in [-0.05, 0) is 39.0 Å². The van der Waals surface area contributed by atoms with Crippen molar-refractivity contribution in [3.8, 4) is 5.75 Å². The van der Waals surface area contributed by atoms with E-state index >= 15 is 0 Å². The third-order valence-electron chi connectivity index (χ3n) is 2.98. The zero-order chi connectivity index (χ0) is 14.5. The van der Waals surface area contributed by atoms with E-state index in [0.717, 1.165) is 34.2 Å². The van der Waals surface area contributed by atoms with E-state index in [1.165, 1.54) is 4.88 Å². The average Bonchev–Trinajstić information content (AvgIpc) is 2.76. The van der Waals surface area contributed by atoms with Crippen molar-refractivity contribution >= 4 is 17.0 Å². The summed E-state index contributed by atoms with van der Waals surface area (Å²) in [7, 11) is 0. The van der Waals surface area contributed by atoms with Crippen molar-refractivity contribution in [3.63, 3.8) is 0 Å². The number of nitrogens with one attached hydrogen (secondary N) is 1. The molecule has 1 aromatic carbocycles. The minimum Gasteiger partial charge on any atom is -0.494 e. The quantitative estimate of drug-likeness (QED) is 0.858. The van der Waals surface area contributed by atoms with Gasteiger partial charge in [0.1, 0.15) is 5.75 Å². The molecule has 20 heavy (non-hydrogen) atoms. The lowest BCUT2D eigenvalue weighted by molar-refractivity contribution is 0.267. The molecule has 4 nitrogen and oxygen atoms in total. The number of hydrogen-bond donors (Lipinski definition) is 2. The second-order valence-corrected chi connectivity index (χ2v) is 5.80. The Hall–Kier alpha value is -1.59. The maximum atomic E-state index is 9.39. The van der Waals surface area contributed by atoms with Crippen molar-refractivity contribution in [1.82, 2.24) is 4.98 Å². The van der Waals surface area contributed by atoms with Crippen LogP contribution < -0.4 is 10.1 Å². The summed E-state index contributed by atoms with van der Waals surface area (Å²) in [6, 6.07) is 5.78. The third kappa shape index (κ3) is 3.49. The van der Waals surface area contributed by atoms with Gasteiger partial charge in [-0.1, -0.05) is 0 Å². The third-order valence-corrected chi connectivity index (χ3v) is 4.06. The molecule has 0 amide bonds. The van der Waals surface area contributed by atoms with Gasteiger partial charge in [0.2, 0.25) is 0 Å². The molecule has 108 valence electrons. The van der Waals surface area contributed by atoms with E-state index in [4.69, 9.17) is 4.74 Å². The van der Waals surface area contributed by atoms with Crippen molar-refractivity contribution in [2.24, 2.45) is 0 Å². The summed E-state index contributed by atoms with van der Waals surface area (Å²) < 4.78 is 5.47. The molecular formula is C15H20N2O2S. The van der Waals surface area contributed by atoms with Crippen LogP contribution in [-0.2, 0) is 13.2 Å². The molecule has 1 aromatic heterocycles. The number of thiazole rings is 1. The highest BCUT2D eigenvalue weighted by molar-refractivity contribution is 7.11. The van der Waals surface area contributed by atoms with Gasteiger partial charge in [0.05, 0.1) is 30.5 Å². The predicted octanol–water partition coefficient (Wildman–Crippen LogP) is 3.26. The lowest BCUT2D eigenvalue weighted by Gasteiger charge is -2.11. The Kier molecular flexibility index (Phi) is 4.98. The van der Waals surface area contributed by atoms with Gasteiger partial charge in [0.25, 0.3) is 0 Å². The van der Waals surface area contributed by atoms with Crippen LogP contribution in [0.25, 0.3) is 0 Å². The molecule has 0 aliphatic carbocycles. The van der Waals surface area contributed by atoms with E-state index in [-0.39, 0.29) is 6.61 Å². The van der Waals surface area contributed by atoms with Crippen LogP contribution in [0.2, 0.25) is 0 Å². The highest BCUT2D eigenvalue weighted by atomic mass is 32.1. The Bertz CT molecular complexity index is 581. The van der Waals surface area contributed by atoms with Crippen LogP contribution in [0.4, 0.5) is 5.69 Å². The van der Waals surface area contributed by atoms with Gasteiger partial charge >= 0.3 is 0 Å². The molecule has 0 fully saturated rings. The number of aliphatic hydroxyl groups is 1. The Balaban J connectivity index is 2.08. The summed E-state index contributed by atoms with van der Waals surface area (Å²) in [5.74, 6) is 0.741. The Morgan fingerprint density at radius 1 is 1.35 bits per heavy atom. The molecule has 2 aromatic rings. The normalized spacial score (nSPS) is 10.6. The lowest BCUT2D eigenvalue weighted by Crippen LogP contribution is -2.02. The molecule has 2 rings (SSSR count). The summed E-state index contributed by atoms with van der Waals surface area (Å²) in [6.07, 6.45) is 0. The van der Waals surface area contributed by atoms with Crippen LogP contribution in [0.5, 0.6) is 5.75 Å². The molecule has 0 spiro atoms. The molecule has 0 bridgehead atoms. The van der Waals surface area contributed by atoms with Crippen LogP contribution in [0.1, 0.15) is 28.1 Å². The van der Waals surface area contributed by atoms with Crippen LogP contribution in [0, 0.1) is 13.8 Å². The number of aryl methyl sites for hydroxylation is 2. The lowest BCUT2D eigenvalue weighted by atomic mass is 10.2. The summed E-state index contributed by atoms with van der Waals surface area (Å²) in [5.41, 5.74) is 2.85. The average molecular weight is 292 g/mol. The summed E-state index contributed by atoms with van der Waals surface area (Å²) in [5, 5.41) is 13.8. The highest BCUT2D eigenvalue weighted by Crippen LogP contribution is 2.24. The van der Waals surface area contributed by atoms with Gasteiger partial charge in [0.15, 0.2) is 0 Å². The SMILES string of the molecule is CCOc1ccc(NCc2sc(C)nc2C)cc1CO. The summed E-state index contributed by atoms with van der Waals surface area (Å²) in [4.78, 5) is 5.65. The van der Waals surface area contributed by atoms with Crippen molar-refractivity contribution < 1.29 is 9.84 Å². The number of aliphatic hydroxyl groups excluding tert-OH is 1. The molecule has 1 heterocycles. The van der Waals surface area contributed by atoms with Crippen LogP contribution >= 0.6 is 11.3 Å². The molecule has 2 N–H and O–H groups in total. The molecule has 0 saturated heterocycles. The maximum Gasteiger partial charge on any atom is 0.124 e. The number of benzene rings is 1. The number of nitrogens with zero attached hydrogens (tertiary/aromatic N) is 1. The minimum absolute atomic E-state index is 0.0243. The van der Waals surface area contributed by atoms with E-state index in [9.17, 15) is 5.11 Å². The van der Waals surface area contributed by atoms with Crippen molar-refractivity contribution in [1.29, 1.82) is 0 Å². The molecule has 0 unspecified atom stereocenters. The molecule has 5 heteroatoms. The van der Waals surface area contributed by atoms with E-state index in [2.05, 4.69) is 10.3 Å². The number of ether oxygens (including phenoxy) is 1. The van der Waals surface area contributed by atoms with E-state index in [0.29, 0.717) is 6.61 Å². The van der Waals surface area contributed by atoms with Crippen molar-refractivity contribution in [3.05, 3.63) is 39.3 Å². The van der Waals surface area contributed by atoms with Gasteiger partial charge in [-0.25, -0.2) is 4.98 Å². The Morgan fingerprint density at radius 2 is 2.15 bits per heavy atom. The number of rotatable bonds is 6. The van der Waals surface area contributed by atoms with Crippen molar-refractivity contribution in [2.45, 2.75) is 33.9 Å². The summed E-state index contributed by atoms with van der Waals surface area (Å²) in [6.45, 7) is 7.29. The first kappa shape index (κ1) is 14.8. The molecule has 0 aliphatic heterocycles.